The van der Waals surface area contributed by atoms with Crippen molar-refractivity contribution in [2.24, 2.45) is 46.3 Å². The molecule has 0 amide bonds. The van der Waals surface area contributed by atoms with Crippen molar-refractivity contribution in [2.75, 3.05) is 7.11 Å². The van der Waals surface area contributed by atoms with E-state index in [-0.39, 0.29) is 16.0 Å². The second-order valence-electron chi connectivity index (χ2n) is 19.2. The molecule has 0 radical (unpaired) electrons. The lowest BCUT2D eigenvalue weighted by atomic mass is 9.43. The normalized spacial score (nSPS) is 39.4. The van der Waals surface area contributed by atoms with Crippen molar-refractivity contribution in [1.29, 1.82) is 0 Å². The van der Waals surface area contributed by atoms with Crippen LogP contribution in [-0.2, 0) is 18.4 Å². The molecule has 0 N–H and O–H groups in total. The van der Waals surface area contributed by atoms with Gasteiger partial charge in [-0.3, -0.25) is 4.79 Å². The molecule has 4 rings (SSSR count). The Labute approximate surface area is 268 Å². The molecule has 0 bridgehead atoms. The first-order chi connectivity index (χ1) is 19.6. The van der Waals surface area contributed by atoms with E-state index in [1.54, 1.807) is 0 Å². The van der Waals surface area contributed by atoms with Crippen molar-refractivity contribution >= 4 is 22.6 Å². The van der Waals surface area contributed by atoms with Crippen LogP contribution in [0.4, 0.5) is 0 Å². The zero-order chi connectivity index (χ0) is 32.4. The molecule has 0 heterocycles. The van der Waals surface area contributed by atoms with Crippen LogP contribution in [0.5, 0.6) is 0 Å². The molecule has 0 saturated heterocycles. The van der Waals surface area contributed by atoms with E-state index in [0.717, 1.165) is 24.2 Å². The number of carbonyl (C=O) groups is 1. The van der Waals surface area contributed by atoms with Gasteiger partial charge in [0.25, 0.3) is 0 Å². The molecule has 0 aromatic carbocycles. The summed E-state index contributed by atoms with van der Waals surface area (Å²) >= 11 is 0. The standard InChI is InChI=1S/C37H70O4Si2/c1-25(15-18-33(38)39-10)28-16-17-29-27-24-32(41-43(13,14)35(5,6)7)31-23-26(40-42(11,12)34(2,3)4)19-21-37(31,9)30(27)20-22-36(28,29)8/h25-32H,15-24H2,1-14H3/t25?,26?,27?,28?,29?,30?,31-,32?,36+,37+/m0/s1. The van der Waals surface area contributed by atoms with E-state index in [1.165, 1.54) is 58.5 Å². The SMILES string of the molecule is COC(=O)CCC(C)C1CCC2C3CC(O[Si](C)(C)C(C)(C)C)[C@@H]4CC(O[Si](C)(C)C(C)(C)C)CC[C@]4(C)C3CC[C@]12C. The molecule has 4 nitrogen and oxygen atoms in total. The molecule has 0 aromatic heterocycles. The van der Waals surface area contributed by atoms with E-state index in [1.807, 2.05) is 0 Å². The average molecular weight is 635 g/mol. The van der Waals surface area contributed by atoms with Crippen LogP contribution in [0.15, 0.2) is 0 Å². The van der Waals surface area contributed by atoms with Gasteiger partial charge in [-0.2, -0.15) is 0 Å². The lowest BCUT2D eigenvalue weighted by Crippen LogP contribution is -2.61. The minimum Gasteiger partial charge on any atom is -0.469 e. The Morgan fingerprint density at radius 3 is 1.93 bits per heavy atom. The summed E-state index contributed by atoms with van der Waals surface area (Å²) in [6, 6.07) is 0. The average Bonchev–Trinajstić information content (AvgIpc) is 3.23. The fourth-order valence-electron chi connectivity index (χ4n) is 10.2. The quantitative estimate of drug-likeness (QED) is 0.197. The highest BCUT2D eigenvalue weighted by atomic mass is 28.4. The van der Waals surface area contributed by atoms with Gasteiger partial charge in [0.2, 0.25) is 0 Å². The highest BCUT2D eigenvalue weighted by molar-refractivity contribution is 6.74. The first kappa shape index (κ1) is 35.7. The van der Waals surface area contributed by atoms with Crippen molar-refractivity contribution in [2.45, 2.75) is 175 Å². The van der Waals surface area contributed by atoms with Crippen molar-refractivity contribution in [1.82, 2.24) is 0 Å². The molecule has 0 aromatic rings. The van der Waals surface area contributed by atoms with Crippen LogP contribution >= 0.6 is 0 Å². The molecule has 4 saturated carbocycles. The third-order valence-electron chi connectivity index (χ3n) is 14.9. The van der Waals surface area contributed by atoms with Crippen LogP contribution in [0.25, 0.3) is 0 Å². The van der Waals surface area contributed by atoms with Crippen LogP contribution in [0.3, 0.4) is 0 Å². The first-order valence-electron chi connectivity index (χ1n) is 18.0. The molecule has 4 aliphatic carbocycles. The second kappa shape index (κ2) is 12.1. The van der Waals surface area contributed by atoms with Gasteiger partial charge in [0.15, 0.2) is 16.6 Å². The van der Waals surface area contributed by atoms with Crippen molar-refractivity contribution in [3.8, 4) is 0 Å². The van der Waals surface area contributed by atoms with Crippen molar-refractivity contribution in [3.63, 3.8) is 0 Å². The summed E-state index contributed by atoms with van der Waals surface area (Å²) in [6.45, 7) is 31.9. The van der Waals surface area contributed by atoms with E-state index in [9.17, 15) is 4.79 Å². The smallest absolute Gasteiger partial charge is 0.305 e. The van der Waals surface area contributed by atoms with E-state index >= 15 is 0 Å². The summed E-state index contributed by atoms with van der Waals surface area (Å²) in [6.07, 6.45) is 12.6. The molecule has 0 spiro atoms. The Balaban J connectivity index is 1.62. The Hall–Kier alpha value is -0.176. The number of carbonyl (C=O) groups excluding carboxylic acids is 1. The maximum Gasteiger partial charge on any atom is 0.305 e. The summed E-state index contributed by atoms with van der Waals surface area (Å²) in [4.78, 5) is 12.0. The van der Waals surface area contributed by atoms with Crippen LogP contribution in [0.1, 0.15) is 127 Å². The monoisotopic (exact) mass is 634 g/mol. The minimum atomic E-state index is -1.94. The van der Waals surface area contributed by atoms with Crippen molar-refractivity contribution in [3.05, 3.63) is 0 Å². The minimum absolute atomic E-state index is 0.0553. The molecule has 0 aliphatic heterocycles. The third-order valence-corrected chi connectivity index (χ3v) is 24.0. The molecular weight excluding hydrogens is 565 g/mol. The Kier molecular flexibility index (Phi) is 10.1. The molecule has 4 aliphatic rings. The summed E-state index contributed by atoms with van der Waals surface area (Å²) in [5.41, 5.74) is 0.712. The fraction of sp³-hybridized carbons (Fsp3) is 0.973. The molecular formula is C37H70O4Si2. The largest absolute Gasteiger partial charge is 0.469 e. The van der Waals surface area contributed by atoms with Crippen LogP contribution in [0, 0.1) is 46.3 Å². The molecule has 250 valence electrons. The summed E-state index contributed by atoms with van der Waals surface area (Å²) in [7, 11) is -2.25. The topological polar surface area (TPSA) is 44.8 Å². The van der Waals surface area contributed by atoms with Gasteiger partial charge in [0.1, 0.15) is 0 Å². The molecule has 7 unspecified atom stereocenters. The van der Waals surface area contributed by atoms with Gasteiger partial charge in [-0.15, -0.1) is 0 Å². The number of methoxy groups -OCH3 is 1. The predicted molar refractivity (Wildman–Crippen MR) is 185 cm³/mol. The van der Waals surface area contributed by atoms with E-state index in [0.29, 0.717) is 47.2 Å². The Bertz CT molecular complexity index is 996. The van der Waals surface area contributed by atoms with Gasteiger partial charge in [0.05, 0.1) is 7.11 Å². The van der Waals surface area contributed by atoms with Gasteiger partial charge in [-0.25, -0.2) is 0 Å². The van der Waals surface area contributed by atoms with Gasteiger partial charge in [0, 0.05) is 18.6 Å². The number of ether oxygens (including phenoxy) is 1. The predicted octanol–water partition coefficient (Wildman–Crippen LogP) is 10.6. The van der Waals surface area contributed by atoms with Gasteiger partial charge < -0.3 is 13.6 Å². The number of esters is 1. The highest BCUT2D eigenvalue weighted by Gasteiger charge is 2.63. The maximum absolute atomic E-state index is 12.0. The number of hydrogen-bond acceptors (Lipinski definition) is 4. The zero-order valence-electron chi connectivity index (χ0n) is 30.8. The maximum atomic E-state index is 12.0. The molecule has 4 fully saturated rings. The molecule has 43 heavy (non-hydrogen) atoms. The van der Waals surface area contributed by atoms with Gasteiger partial charge in [-0.05, 0) is 140 Å². The lowest BCUT2D eigenvalue weighted by molar-refractivity contribution is -0.167. The van der Waals surface area contributed by atoms with Gasteiger partial charge in [-0.1, -0.05) is 62.3 Å². The molecule has 10 atom stereocenters. The second-order valence-corrected chi connectivity index (χ2v) is 28.7. The van der Waals surface area contributed by atoms with Gasteiger partial charge >= 0.3 is 5.97 Å². The summed E-state index contributed by atoms with van der Waals surface area (Å²) in [5, 5.41) is 0.448. The fourth-order valence-corrected chi connectivity index (χ4v) is 13.0. The lowest BCUT2D eigenvalue weighted by Gasteiger charge is -2.64. The van der Waals surface area contributed by atoms with Crippen LogP contribution in [0.2, 0.25) is 36.3 Å². The zero-order valence-corrected chi connectivity index (χ0v) is 32.8. The van der Waals surface area contributed by atoms with E-state index in [4.69, 9.17) is 13.6 Å². The first-order valence-corrected chi connectivity index (χ1v) is 23.8. The Morgan fingerprint density at radius 2 is 1.35 bits per heavy atom. The third kappa shape index (κ3) is 6.66. The van der Waals surface area contributed by atoms with Crippen LogP contribution in [-0.4, -0.2) is 41.9 Å². The summed E-state index contributed by atoms with van der Waals surface area (Å²) in [5.74, 6) is 4.15. The Morgan fingerprint density at radius 1 is 0.791 bits per heavy atom. The highest BCUT2D eigenvalue weighted by Crippen LogP contribution is 2.69. The number of rotatable bonds is 8. The van der Waals surface area contributed by atoms with Crippen LogP contribution < -0.4 is 0 Å². The van der Waals surface area contributed by atoms with E-state index in [2.05, 4.69) is 88.5 Å². The van der Waals surface area contributed by atoms with E-state index < -0.39 is 16.6 Å². The molecule has 6 heteroatoms. The number of fused-ring (bicyclic) bond motifs is 5. The van der Waals surface area contributed by atoms with Crippen molar-refractivity contribution < 1.29 is 18.4 Å². The number of hydrogen-bond donors (Lipinski definition) is 0. The summed E-state index contributed by atoms with van der Waals surface area (Å²) < 4.78 is 19.7.